The maximum Gasteiger partial charge on any atom is 0.311 e. The van der Waals surface area contributed by atoms with E-state index in [2.05, 4.69) is 0 Å². The second-order valence-corrected chi connectivity index (χ2v) is 9.81. The van der Waals surface area contributed by atoms with Gasteiger partial charge in [0.05, 0.1) is 20.6 Å². The molecule has 0 N–H and O–H groups in total. The predicted octanol–water partition coefficient (Wildman–Crippen LogP) is 6.53. The minimum absolute atomic E-state index is 0.0778. The summed E-state index contributed by atoms with van der Waals surface area (Å²) in [6.45, 7) is 3.52. The number of halogens is 4. The van der Waals surface area contributed by atoms with Crippen molar-refractivity contribution in [1.29, 1.82) is 0 Å². The van der Waals surface area contributed by atoms with Crippen molar-refractivity contribution in [2.75, 3.05) is 4.31 Å². The molecule has 2 rings (SSSR count). The lowest BCUT2D eigenvalue weighted by Crippen LogP contribution is -2.37. The van der Waals surface area contributed by atoms with E-state index in [0.29, 0.717) is 22.2 Å². The van der Waals surface area contributed by atoms with E-state index in [4.69, 9.17) is 51.1 Å². The first-order valence-electron chi connectivity index (χ1n) is 9.26. The first-order valence-corrected chi connectivity index (χ1v) is 12.2. The number of nitrogens with zero attached hydrogens (tertiary/aromatic N) is 1. The van der Waals surface area contributed by atoms with Gasteiger partial charge in [0.15, 0.2) is 5.75 Å². The lowest BCUT2D eigenvalue weighted by atomic mass is 10.2. The molecule has 1 amide bonds. The topological polar surface area (TPSA) is 80.8 Å². The lowest BCUT2D eigenvalue weighted by molar-refractivity contribution is -0.134. The summed E-state index contributed by atoms with van der Waals surface area (Å²) in [6.07, 6.45) is 0.972. The Bertz CT molecular complexity index is 1090. The number of hydrogen-bond acceptors (Lipinski definition) is 5. The number of amides is 1. The van der Waals surface area contributed by atoms with Gasteiger partial charge >= 0.3 is 5.97 Å². The molecule has 0 aliphatic carbocycles. The van der Waals surface area contributed by atoms with Gasteiger partial charge in [-0.3, -0.25) is 9.59 Å². The van der Waals surface area contributed by atoms with Gasteiger partial charge in [-0.25, -0.2) is 12.7 Å². The van der Waals surface area contributed by atoms with Crippen LogP contribution in [0.2, 0.25) is 20.1 Å². The maximum absolute atomic E-state index is 13.3. The highest BCUT2D eigenvalue weighted by molar-refractivity contribution is 7.93. The van der Waals surface area contributed by atoms with Gasteiger partial charge in [-0.2, -0.15) is 0 Å². The van der Waals surface area contributed by atoms with E-state index in [1.165, 1.54) is 24.3 Å². The Morgan fingerprint density at radius 1 is 0.935 bits per heavy atom. The van der Waals surface area contributed by atoms with Crippen LogP contribution in [-0.4, -0.2) is 20.3 Å². The average Bonchev–Trinajstić information content (AvgIpc) is 2.70. The molecule has 2 aromatic rings. The highest BCUT2D eigenvalue weighted by Crippen LogP contribution is 2.46. The summed E-state index contributed by atoms with van der Waals surface area (Å²) in [6, 6.07) is 6.43. The van der Waals surface area contributed by atoms with Crippen LogP contribution in [0.3, 0.4) is 0 Å². The van der Waals surface area contributed by atoms with Gasteiger partial charge in [0, 0.05) is 17.9 Å². The molecule has 0 aliphatic heterocycles. The zero-order chi connectivity index (χ0) is 23.3. The molecule has 31 heavy (non-hydrogen) atoms. The Kier molecular flexibility index (Phi) is 9.03. The molecule has 0 aliphatic rings. The fourth-order valence-corrected chi connectivity index (χ4v) is 4.98. The summed E-state index contributed by atoms with van der Waals surface area (Å²) < 4.78 is 32.4. The summed E-state index contributed by atoms with van der Waals surface area (Å²) in [5, 5.41) is -0.427. The Labute approximate surface area is 201 Å². The molecule has 0 saturated heterocycles. The van der Waals surface area contributed by atoms with Gasteiger partial charge in [0.25, 0.3) is 10.0 Å². The van der Waals surface area contributed by atoms with Crippen LogP contribution in [-0.2, 0) is 19.6 Å². The molecular formula is C20H19Cl4NO5S. The predicted molar refractivity (Wildman–Crippen MR) is 123 cm³/mol. The summed E-state index contributed by atoms with van der Waals surface area (Å²) >= 11 is 24.6. The molecule has 0 spiro atoms. The number of carbonyl (C=O) groups excluding carboxylic acids is 2. The second-order valence-electron chi connectivity index (χ2n) is 6.43. The zero-order valence-corrected chi connectivity index (χ0v) is 20.5. The number of ether oxygens (including phenoxy) is 1. The van der Waals surface area contributed by atoms with Crippen LogP contribution >= 0.6 is 46.4 Å². The zero-order valence-electron chi connectivity index (χ0n) is 16.6. The van der Waals surface area contributed by atoms with Crippen molar-refractivity contribution in [3.05, 3.63) is 50.4 Å². The Morgan fingerprint density at radius 3 is 2.06 bits per heavy atom. The average molecular weight is 527 g/mol. The number of rotatable bonds is 8. The van der Waals surface area contributed by atoms with Crippen molar-refractivity contribution in [2.45, 2.75) is 44.4 Å². The molecule has 0 unspecified atom stereocenters. The summed E-state index contributed by atoms with van der Waals surface area (Å²) in [5.74, 6) is -1.52. The van der Waals surface area contributed by atoms with Crippen LogP contribution in [0.25, 0.3) is 0 Å². The summed E-state index contributed by atoms with van der Waals surface area (Å²) in [7, 11) is -4.38. The third kappa shape index (κ3) is 5.84. The molecule has 0 radical (unpaired) electrons. The second kappa shape index (κ2) is 10.9. The smallest absolute Gasteiger partial charge is 0.311 e. The first-order chi connectivity index (χ1) is 14.5. The Morgan fingerprint density at radius 2 is 1.52 bits per heavy atom. The first kappa shape index (κ1) is 25.7. The summed E-state index contributed by atoms with van der Waals surface area (Å²) in [4.78, 5) is 24.5. The van der Waals surface area contributed by atoms with Crippen molar-refractivity contribution in [1.82, 2.24) is 0 Å². The molecule has 0 bridgehead atoms. The third-order valence-corrected chi connectivity index (χ3v) is 7.15. The van der Waals surface area contributed by atoms with E-state index >= 15 is 0 Å². The standard InChI is InChI=1S/C20H19Cl4NO5S/c1-3-5-16(26)25(31(28,29)13-9-7-12(21)8-10-13)15-11-14(22)20(19(24)18(15)23)30-17(27)6-4-2/h7-11H,3-6H2,1-2H3. The van der Waals surface area contributed by atoms with Crippen LogP contribution < -0.4 is 9.04 Å². The minimum Gasteiger partial charge on any atom is -0.423 e. The van der Waals surface area contributed by atoms with Gasteiger partial charge in [-0.1, -0.05) is 60.3 Å². The molecule has 6 nitrogen and oxygen atoms in total. The molecule has 0 fully saturated rings. The number of anilines is 1. The fraction of sp³-hybridized carbons (Fsp3) is 0.300. The number of esters is 1. The molecule has 168 valence electrons. The highest BCUT2D eigenvalue weighted by Gasteiger charge is 2.34. The lowest BCUT2D eigenvalue weighted by Gasteiger charge is -2.25. The van der Waals surface area contributed by atoms with Crippen LogP contribution in [0.1, 0.15) is 39.5 Å². The summed E-state index contributed by atoms with van der Waals surface area (Å²) in [5.41, 5.74) is -0.250. The highest BCUT2D eigenvalue weighted by atomic mass is 35.5. The van der Waals surface area contributed by atoms with Crippen LogP contribution in [0.4, 0.5) is 5.69 Å². The van der Waals surface area contributed by atoms with Gasteiger partial charge in [0.1, 0.15) is 5.02 Å². The van der Waals surface area contributed by atoms with Crippen molar-refractivity contribution >= 4 is 74.0 Å². The van der Waals surface area contributed by atoms with E-state index in [1.54, 1.807) is 13.8 Å². The molecule has 2 aromatic carbocycles. The molecule has 0 aromatic heterocycles. The molecule has 11 heteroatoms. The number of hydrogen-bond donors (Lipinski definition) is 0. The van der Waals surface area contributed by atoms with Crippen molar-refractivity contribution in [3.8, 4) is 5.75 Å². The van der Waals surface area contributed by atoms with E-state index in [-0.39, 0.29) is 44.2 Å². The van der Waals surface area contributed by atoms with Gasteiger partial charge in [-0.05, 0) is 43.2 Å². The van der Waals surface area contributed by atoms with E-state index in [0.717, 1.165) is 6.07 Å². The van der Waals surface area contributed by atoms with Crippen LogP contribution in [0.5, 0.6) is 5.75 Å². The van der Waals surface area contributed by atoms with Crippen LogP contribution in [0, 0.1) is 0 Å². The van der Waals surface area contributed by atoms with Gasteiger partial charge in [0.2, 0.25) is 5.91 Å². The molecule has 0 atom stereocenters. The van der Waals surface area contributed by atoms with E-state index < -0.39 is 21.9 Å². The van der Waals surface area contributed by atoms with Gasteiger partial charge < -0.3 is 4.74 Å². The molecular weight excluding hydrogens is 508 g/mol. The van der Waals surface area contributed by atoms with E-state index in [1.807, 2.05) is 0 Å². The maximum atomic E-state index is 13.3. The SMILES string of the molecule is CCCC(=O)Oc1c(Cl)cc(N(C(=O)CCC)S(=O)(=O)c2ccc(Cl)cc2)c(Cl)c1Cl. The largest absolute Gasteiger partial charge is 0.423 e. The number of sulfonamides is 1. The van der Waals surface area contributed by atoms with E-state index in [9.17, 15) is 18.0 Å². The molecule has 0 saturated carbocycles. The number of benzene rings is 2. The molecule has 0 heterocycles. The Balaban J connectivity index is 2.66. The Hall–Kier alpha value is -1.51. The normalized spacial score (nSPS) is 11.3. The third-order valence-electron chi connectivity index (χ3n) is 4.03. The number of carbonyl (C=O) groups is 2. The van der Waals surface area contributed by atoms with Crippen molar-refractivity contribution in [2.24, 2.45) is 0 Å². The fourth-order valence-electron chi connectivity index (χ4n) is 2.60. The van der Waals surface area contributed by atoms with Crippen LogP contribution in [0.15, 0.2) is 35.2 Å². The van der Waals surface area contributed by atoms with Crippen molar-refractivity contribution < 1.29 is 22.7 Å². The quantitative estimate of drug-likeness (QED) is 0.222. The van der Waals surface area contributed by atoms with Crippen molar-refractivity contribution in [3.63, 3.8) is 0 Å². The minimum atomic E-state index is -4.38. The van der Waals surface area contributed by atoms with Gasteiger partial charge in [-0.15, -0.1) is 0 Å². The monoisotopic (exact) mass is 525 g/mol.